The minimum atomic E-state index is 0.462. The van der Waals surface area contributed by atoms with Crippen molar-refractivity contribution in [1.82, 2.24) is 10.3 Å². The van der Waals surface area contributed by atoms with E-state index in [-0.39, 0.29) is 0 Å². The molecule has 1 heterocycles. The van der Waals surface area contributed by atoms with E-state index < -0.39 is 0 Å². The van der Waals surface area contributed by atoms with E-state index in [0.717, 1.165) is 25.3 Å². The predicted octanol–water partition coefficient (Wildman–Crippen LogP) is 1.33. The van der Waals surface area contributed by atoms with Crippen molar-refractivity contribution >= 4 is 0 Å². The number of pyridine rings is 1. The van der Waals surface area contributed by atoms with Crippen LogP contribution in [0, 0.1) is 17.2 Å². The van der Waals surface area contributed by atoms with Gasteiger partial charge in [0.2, 0.25) is 0 Å². The number of nitrogens with one attached hydrogen (secondary N) is 1. The number of hydrogen-bond donors (Lipinski definition) is 1. The highest BCUT2D eigenvalue weighted by atomic mass is 16.5. The lowest BCUT2D eigenvalue weighted by Crippen LogP contribution is -2.23. The van der Waals surface area contributed by atoms with Crippen molar-refractivity contribution in [3.63, 3.8) is 0 Å². The maximum atomic E-state index is 8.70. The molecule has 16 heavy (non-hydrogen) atoms. The summed E-state index contributed by atoms with van der Waals surface area (Å²) in [6.07, 6.45) is 1.66. The molecular weight excluding hydrogens is 202 g/mol. The summed E-state index contributed by atoms with van der Waals surface area (Å²) in [5.74, 6) is 0.488. The van der Waals surface area contributed by atoms with E-state index in [1.165, 1.54) is 0 Å². The average molecular weight is 219 g/mol. The smallest absolute Gasteiger partial charge is 0.140 e. The van der Waals surface area contributed by atoms with Gasteiger partial charge in [0, 0.05) is 33.0 Å². The third-order valence-corrected chi connectivity index (χ3v) is 2.21. The Morgan fingerprint density at radius 1 is 1.62 bits per heavy atom. The fourth-order valence-electron chi connectivity index (χ4n) is 1.45. The zero-order valence-corrected chi connectivity index (χ0v) is 9.73. The van der Waals surface area contributed by atoms with Crippen LogP contribution in [0.5, 0.6) is 0 Å². The molecule has 1 unspecified atom stereocenters. The molecule has 0 saturated heterocycles. The summed E-state index contributed by atoms with van der Waals surface area (Å²) in [5.41, 5.74) is 1.54. The Kier molecular flexibility index (Phi) is 5.48. The molecule has 0 aliphatic carbocycles. The molecule has 0 aliphatic rings. The van der Waals surface area contributed by atoms with Gasteiger partial charge in [-0.25, -0.2) is 4.98 Å². The Bertz CT molecular complexity index is 360. The molecule has 1 rings (SSSR count). The maximum absolute atomic E-state index is 8.70. The first-order valence-corrected chi connectivity index (χ1v) is 5.31. The largest absolute Gasteiger partial charge is 0.384 e. The molecule has 1 aromatic heterocycles. The average Bonchev–Trinajstić information content (AvgIpc) is 2.30. The van der Waals surface area contributed by atoms with E-state index in [4.69, 9.17) is 10.00 Å². The number of nitrogens with zero attached hydrogens (tertiary/aromatic N) is 2. The van der Waals surface area contributed by atoms with Gasteiger partial charge in [0.25, 0.3) is 0 Å². The van der Waals surface area contributed by atoms with Crippen molar-refractivity contribution in [2.24, 2.45) is 5.92 Å². The summed E-state index contributed by atoms with van der Waals surface area (Å²) in [6, 6.07) is 5.74. The topological polar surface area (TPSA) is 57.9 Å². The van der Waals surface area contributed by atoms with E-state index in [0.29, 0.717) is 11.6 Å². The number of methoxy groups -OCH3 is 1. The van der Waals surface area contributed by atoms with E-state index in [1.54, 1.807) is 19.4 Å². The Balaban J connectivity index is 2.34. The second kappa shape index (κ2) is 6.94. The van der Waals surface area contributed by atoms with Gasteiger partial charge < -0.3 is 10.1 Å². The van der Waals surface area contributed by atoms with Gasteiger partial charge in [0.15, 0.2) is 0 Å². The van der Waals surface area contributed by atoms with Crippen LogP contribution >= 0.6 is 0 Å². The van der Waals surface area contributed by atoms with E-state index in [1.807, 2.05) is 12.1 Å². The Morgan fingerprint density at radius 3 is 3.12 bits per heavy atom. The van der Waals surface area contributed by atoms with Crippen molar-refractivity contribution in [1.29, 1.82) is 5.26 Å². The first-order valence-electron chi connectivity index (χ1n) is 5.31. The Morgan fingerprint density at radius 2 is 2.44 bits per heavy atom. The van der Waals surface area contributed by atoms with Crippen LogP contribution in [0.1, 0.15) is 18.2 Å². The van der Waals surface area contributed by atoms with Crippen molar-refractivity contribution in [2.75, 3.05) is 20.3 Å². The van der Waals surface area contributed by atoms with Crippen LogP contribution in [-0.2, 0) is 11.3 Å². The van der Waals surface area contributed by atoms with Crippen molar-refractivity contribution < 1.29 is 4.74 Å². The lowest BCUT2D eigenvalue weighted by Gasteiger charge is -2.11. The molecule has 86 valence electrons. The summed E-state index contributed by atoms with van der Waals surface area (Å²) in [6.45, 7) is 4.54. The highest BCUT2D eigenvalue weighted by molar-refractivity contribution is 5.25. The van der Waals surface area contributed by atoms with Gasteiger partial charge in [0.1, 0.15) is 11.8 Å². The fraction of sp³-hybridized carbons (Fsp3) is 0.500. The van der Waals surface area contributed by atoms with Crippen molar-refractivity contribution in [3.05, 3.63) is 29.6 Å². The molecule has 0 aromatic carbocycles. The van der Waals surface area contributed by atoms with Crippen LogP contribution in [-0.4, -0.2) is 25.2 Å². The first-order chi connectivity index (χ1) is 7.76. The molecule has 0 amide bonds. The van der Waals surface area contributed by atoms with Crippen LogP contribution < -0.4 is 5.32 Å². The fourth-order valence-corrected chi connectivity index (χ4v) is 1.45. The molecule has 1 aromatic rings. The minimum Gasteiger partial charge on any atom is -0.384 e. The highest BCUT2D eigenvalue weighted by Crippen LogP contribution is 2.01. The number of rotatable bonds is 6. The van der Waals surface area contributed by atoms with E-state index >= 15 is 0 Å². The molecule has 0 aliphatic heterocycles. The van der Waals surface area contributed by atoms with Gasteiger partial charge in [-0.05, 0) is 23.6 Å². The number of hydrogen-bond acceptors (Lipinski definition) is 4. The van der Waals surface area contributed by atoms with Gasteiger partial charge in [-0.2, -0.15) is 5.26 Å². The van der Waals surface area contributed by atoms with Gasteiger partial charge >= 0.3 is 0 Å². The lowest BCUT2D eigenvalue weighted by molar-refractivity contribution is 0.158. The van der Waals surface area contributed by atoms with E-state index in [2.05, 4.69) is 17.2 Å². The summed E-state index contributed by atoms with van der Waals surface area (Å²) >= 11 is 0. The minimum absolute atomic E-state index is 0.462. The first kappa shape index (κ1) is 12.6. The third-order valence-electron chi connectivity index (χ3n) is 2.21. The van der Waals surface area contributed by atoms with Crippen LogP contribution in [0.3, 0.4) is 0 Å². The summed E-state index contributed by atoms with van der Waals surface area (Å²) in [7, 11) is 1.71. The number of aromatic nitrogens is 1. The Hall–Kier alpha value is -1.44. The second-order valence-corrected chi connectivity index (χ2v) is 3.85. The molecule has 0 radical (unpaired) electrons. The number of ether oxygens (including phenoxy) is 1. The SMILES string of the molecule is COCC(C)CNCc1ccnc(C#N)c1. The predicted molar refractivity (Wildman–Crippen MR) is 61.7 cm³/mol. The van der Waals surface area contributed by atoms with Gasteiger partial charge in [0.05, 0.1) is 0 Å². The van der Waals surface area contributed by atoms with Crippen LogP contribution in [0.25, 0.3) is 0 Å². The Labute approximate surface area is 96.3 Å². The molecule has 4 heteroatoms. The summed E-state index contributed by atoms with van der Waals surface area (Å²) in [4.78, 5) is 3.92. The molecule has 0 bridgehead atoms. The van der Waals surface area contributed by atoms with Gasteiger partial charge in [-0.1, -0.05) is 6.92 Å². The maximum Gasteiger partial charge on any atom is 0.140 e. The second-order valence-electron chi connectivity index (χ2n) is 3.85. The molecule has 1 atom stereocenters. The standard InChI is InChI=1S/C12H17N3O/c1-10(9-16-2)7-14-8-11-3-4-15-12(5-11)6-13/h3-5,10,14H,7-9H2,1-2H3. The molecular formula is C12H17N3O. The van der Waals surface area contributed by atoms with Crippen LogP contribution in [0.15, 0.2) is 18.3 Å². The third kappa shape index (κ3) is 4.39. The molecule has 0 spiro atoms. The number of nitriles is 1. The normalized spacial score (nSPS) is 12.1. The highest BCUT2D eigenvalue weighted by Gasteiger charge is 2.01. The molecule has 1 N–H and O–H groups in total. The summed E-state index contributed by atoms with van der Waals surface area (Å²) < 4.78 is 5.05. The van der Waals surface area contributed by atoms with Crippen LogP contribution in [0.4, 0.5) is 0 Å². The quantitative estimate of drug-likeness (QED) is 0.784. The van der Waals surface area contributed by atoms with Gasteiger partial charge in [-0.15, -0.1) is 0 Å². The zero-order valence-electron chi connectivity index (χ0n) is 9.73. The van der Waals surface area contributed by atoms with Gasteiger partial charge in [-0.3, -0.25) is 0 Å². The molecule has 0 saturated carbocycles. The molecule has 0 fully saturated rings. The van der Waals surface area contributed by atoms with E-state index in [9.17, 15) is 0 Å². The van der Waals surface area contributed by atoms with Crippen molar-refractivity contribution in [2.45, 2.75) is 13.5 Å². The van der Waals surface area contributed by atoms with Crippen molar-refractivity contribution in [3.8, 4) is 6.07 Å². The molecule has 4 nitrogen and oxygen atoms in total. The summed E-state index contributed by atoms with van der Waals surface area (Å²) in [5, 5.41) is 12.0. The zero-order chi connectivity index (χ0) is 11.8. The van der Waals surface area contributed by atoms with Crippen LogP contribution in [0.2, 0.25) is 0 Å². The monoisotopic (exact) mass is 219 g/mol. The lowest BCUT2D eigenvalue weighted by atomic mass is 10.2.